The van der Waals surface area contributed by atoms with Gasteiger partial charge in [0.15, 0.2) is 0 Å². The topological polar surface area (TPSA) is 81.6 Å². The van der Waals surface area contributed by atoms with Crippen LogP contribution in [0, 0.1) is 12.7 Å². The van der Waals surface area contributed by atoms with Crippen molar-refractivity contribution >= 4 is 15.8 Å². The summed E-state index contributed by atoms with van der Waals surface area (Å²) in [6, 6.07) is 10.4. The maximum Gasteiger partial charge on any atom is 0.268 e. The molecule has 7 nitrogen and oxygen atoms in total. The molecule has 0 amide bonds. The van der Waals surface area contributed by atoms with Crippen molar-refractivity contribution in [3.05, 3.63) is 71.9 Å². The minimum absolute atomic E-state index is 0.110. The molecule has 0 saturated carbocycles. The Labute approximate surface area is 168 Å². The van der Waals surface area contributed by atoms with Crippen LogP contribution >= 0.6 is 0 Å². The van der Waals surface area contributed by atoms with Crippen LogP contribution in [0.4, 0.5) is 10.2 Å². The molecule has 0 aliphatic carbocycles. The SMILES string of the molecule is COc1ccc(CN(c2ccncn2)S(=O)(=O)c2cc(C)ccc2F)c(OC)c1. The number of nitrogens with zero attached hydrogens (tertiary/aromatic N) is 3. The van der Waals surface area contributed by atoms with Gasteiger partial charge in [0.2, 0.25) is 0 Å². The van der Waals surface area contributed by atoms with Gasteiger partial charge in [-0.1, -0.05) is 6.07 Å². The van der Waals surface area contributed by atoms with Gasteiger partial charge in [0.1, 0.15) is 34.4 Å². The van der Waals surface area contributed by atoms with Crippen LogP contribution in [0.2, 0.25) is 0 Å². The zero-order valence-corrected chi connectivity index (χ0v) is 17.0. The molecule has 1 heterocycles. The molecule has 2 aromatic carbocycles. The smallest absolute Gasteiger partial charge is 0.268 e. The molecule has 0 N–H and O–H groups in total. The molecule has 0 atom stereocenters. The summed E-state index contributed by atoms with van der Waals surface area (Å²) < 4.78 is 52.8. The number of anilines is 1. The first-order chi connectivity index (χ1) is 13.9. The summed E-state index contributed by atoms with van der Waals surface area (Å²) in [6.45, 7) is 1.57. The zero-order valence-electron chi connectivity index (χ0n) is 16.2. The lowest BCUT2D eigenvalue weighted by atomic mass is 10.2. The lowest BCUT2D eigenvalue weighted by Gasteiger charge is -2.24. The van der Waals surface area contributed by atoms with Crippen molar-refractivity contribution in [3.8, 4) is 11.5 Å². The Bertz CT molecular complexity index is 1110. The molecular weight excluding hydrogens is 397 g/mol. The van der Waals surface area contributed by atoms with Gasteiger partial charge in [0, 0.05) is 23.9 Å². The van der Waals surface area contributed by atoms with Crippen LogP contribution in [0.25, 0.3) is 0 Å². The maximum atomic E-state index is 14.4. The molecule has 3 aromatic rings. The summed E-state index contributed by atoms with van der Waals surface area (Å²) in [5.74, 6) is 0.269. The summed E-state index contributed by atoms with van der Waals surface area (Å²) in [5.41, 5.74) is 1.18. The predicted molar refractivity (Wildman–Crippen MR) is 106 cm³/mol. The van der Waals surface area contributed by atoms with Crippen LogP contribution in [-0.2, 0) is 16.6 Å². The van der Waals surface area contributed by atoms with Crippen LogP contribution in [-0.4, -0.2) is 32.6 Å². The maximum absolute atomic E-state index is 14.4. The number of aromatic nitrogens is 2. The monoisotopic (exact) mass is 417 g/mol. The molecule has 0 aliphatic rings. The highest BCUT2D eigenvalue weighted by Gasteiger charge is 2.30. The molecule has 0 saturated heterocycles. The number of halogens is 1. The Morgan fingerprint density at radius 2 is 1.86 bits per heavy atom. The molecule has 152 valence electrons. The molecule has 9 heteroatoms. The van der Waals surface area contributed by atoms with Crippen molar-refractivity contribution in [1.82, 2.24) is 9.97 Å². The second-order valence-electron chi connectivity index (χ2n) is 6.19. The number of benzene rings is 2. The van der Waals surface area contributed by atoms with E-state index in [-0.39, 0.29) is 12.4 Å². The highest BCUT2D eigenvalue weighted by Crippen LogP contribution is 2.31. The first-order valence-corrected chi connectivity index (χ1v) is 10.1. The first-order valence-electron chi connectivity index (χ1n) is 8.62. The summed E-state index contributed by atoms with van der Waals surface area (Å²) in [4.78, 5) is 7.46. The number of rotatable bonds is 7. The van der Waals surface area contributed by atoms with Crippen molar-refractivity contribution in [1.29, 1.82) is 0 Å². The lowest BCUT2D eigenvalue weighted by molar-refractivity contribution is 0.391. The fourth-order valence-corrected chi connectivity index (χ4v) is 4.33. The lowest BCUT2D eigenvalue weighted by Crippen LogP contribution is -2.32. The van der Waals surface area contributed by atoms with E-state index in [9.17, 15) is 12.8 Å². The van der Waals surface area contributed by atoms with E-state index in [1.807, 2.05) is 0 Å². The molecule has 3 rings (SSSR count). The van der Waals surface area contributed by atoms with Gasteiger partial charge in [-0.15, -0.1) is 0 Å². The standard InChI is InChI=1S/C20H20FN3O4S/c1-14-4-7-17(21)19(10-14)29(25,26)24(20-8-9-22-13-23-20)12-15-5-6-16(27-2)11-18(15)28-3/h4-11,13H,12H2,1-3H3. The third-order valence-corrected chi connectivity index (χ3v) is 6.05. The second kappa shape index (κ2) is 8.44. The number of methoxy groups -OCH3 is 2. The van der Waals surface area contributed by atoms with Crippen LogP contribution in [0.1, 0.15) is 11.1 Å². The molecule has 29 heavy (non-hydrogen) atoms. The zero-order chi connectivity index (χ0) is 21.0. The Morgan fingerprint density at radius 3 is 2.52 bits per heavy atom. The van der Waals surface area contributed by atoms with E-state index in [2.05, 4.69) is 9.97 Å². The number of ether oxygens (including phenoxy) is 2. The van der Waals surface area contributed by atoms with E-state index in [1.54, 1.807) is 25.1 Å². The molecule has 0 bridgehead atoms. The van der Waals surface area contributed by atoms with Crippen LogP contribution in [0.3, 0.4) is 0 Å². The molecule has 0 radical (unpaired) electrons. The van der Waals surface area contributed by atoms with Gasteiger partial charge >= 0.3 is 0 Å². The summed E-state index contributed by atoms with van der Waals surface area (Å²) in [6.07, 6.45) is 2.65. The van der Waals surface area contributed by atoms with Crippen LogP contribution < -0.4 is 13.8 Å². The van der Waals surface area contributed by atoms with Gasteiger partial charge in [-0.3, -0.25) is 0 Å². The fraction of sp³-hybridized carbons (Fsp3) is 0.200. The van der Waals surface area contributed by atoms with E-state index in [4.69, 9.17) is 9.47 Å². The summed E-state index contributed by atoms with van der Waals surface area (Å²) in [5, 5.41) is 0. The van der Waals surface area contributed by atoms with E-state index < -0.39 is 20.7 Å². The average Bonchev–Trinajstić information content (AvgIpc) is 2.74. The predicted octanol–water partition coefficient (Wildman–Crippen LogP) is 3.34. The summed E-state index contributed by atoms with van der Waals surface area (Å²) in [7, 11) is -1.27. The second-order valence-corrected chi connectivity index (χ2v) is 8.02. The number of aryl methyl sites for hydroxylation is 1. The Morgan fingerprint density at radius 1 is 1.07 bits per heavy atom. The fourth-order valence-electron chi connectivity index (χ4n) is 2.78. The van der Waals surface area contributed by atoms with Gasteiger partial charge in [0.25, 0.3) is 10.0 Å². The Balaban J connectivity index is 2.13. The molecule has 0 spiro atoms. The van der Waals surface area contributed by atoms with Crippen molar-refractivity contribution in [2.24, 2.45) is 0 Å². The van der Waals surface area contributed by atoms with Gasteiger partial charge < -0.3 is 9.47 Å². The molecular formula is C20H20FN3O4S. The summed E-state index contributed by atoms with van der Waals surface area (Å²) >= 11 is 0. The van der Waals surface area contributed by atoms with Crippen LogP contribution in [0.5, 0.6) is 11.5 Å². The van der Waals surface area contributed by atoms with Crippen molar-refractivity contribution in [2.75, 3.05) is 18.5 Å². The first kappa shape index (κ1) is 20.5. The van der Waals surface area contributed by atoms with Crippen molar-refractivity contribution in [2.45, 2.75) is 18.4 Å². The van der Waals surface area contributed by atoms with Gasteiger partial charge in [-0.25, -0.2) is 27.1 Å². The van der Waals surface area contributed by atoms with E-state index >= 15 is 0 Å². The van der Waals surface area contributed by atoms with Crippen molar-refractivity contribution < 1.29 is 22.3 Å². The molecule has 1 aromatic heterocycles. The van der Waals surface area contributed by atoms with Gasteiger partial charge in [0.05, 0.1) is 20.8 Å². The minimum atomic E-state index is -4.26. The number of hydrogen-bond acceptors (Lipinski definition) is 6. The Kier molecular flexibility index (Phi) is 5.97. The normalized spacial score (nSPS) is 11.2. The third kappa shape index (κ3) is 4.29. The minimum Gasteiger partial charge on any atom is -0.497 e. The quantitative estimate of drug-likeness (QED) is 0.587. The highest BCUT2D eigenvalue weighted by atomic mass is 32.2. The average molecular weight is 417 g/mol. The van der Waals surface area contributed by atoms with E-state index in [0.29, 0.717) is 22.6 Å². The van der Waals surface area contributed by atoms with Gasteiger partial charge in [-0.05, 0) is 36.8 Å². The highest BCUT2D eigenvalue weighted by molar-refractivity contribution is 7.92. The molecule has 0 aliphatic heterocycles. The number of sulfonamides is 1. The largest absolute Gasteiger partial charge is 0.497 e. The molecule has 0 unspecified atom stereocenters. The molecule has 0 fully saturated rings. The van der Waals surface area contributed by atoms with Gasteiger partial charge in [-0.2, -0.15) is 0 Å². The van der Waals surface area contributed by atoms with E-state index in [0.717, 1.165) is 10.4 Å². The van der Waals surface area contributed by atoms with Crippen molar-refractivity contribution in [3.63, 3.8) is 0 Å². The third-order valence-electron chi connectivity index (χ3n) is 4.28. The Hall–Kier alpha value is -3.20. The van der Waals surface area contributed by atoms with Crippen LogP contribution in [0.15, 0.2) is 59.9 Å². The van der Waals surface area contributed by atoms with E-state index in [1.165, 1.54) is 44.9 Å². The number of hydrogen-bond donors (Lipinski definition) is 0.